The van der Waals surface area contributed by atoms with Crippen molar-refractivity contribution in [3.05, 3.63) is 65.1 Å². The summed E-state index contributed by atoms with van der Waals surface area (Å²) in [7, 11) is 1.61. The minimum Gasteiger partial charge on any atom is -0.497 e. The molecule has 0 saturated carbocycles. The Morgan fingerprint density at radius 2 is 1.89 bits per heavy atom. The summed E-state index contributed by atoms with van der Waals surface area (Å²) in [6.45, 7) is 2.20. The number of halogens is 3. The molecule has 0 amide bonds. The maximum absolute atomic E-state index is 13.8. The fourth-order valence-corrected chi connectivity index (χ4v) is 5.30. The number of fused-ring (bicyclic) bond motifs is 1. The van der Waals surface area contributed by atoms with Crippen LogP contribution in [0.5, 0.6) is 5.75 Å². The first-order valence-corrected chi connectivity index (χ1v) is 12.7. The van der Waals surface area contributed by atoms with Crippen LogP contribution < -0.4 is 15.8 Å². The number of carboxylic acid groups (broad SMARTS) is 1. The topological polar surface area (TPSA) is 101 Å². The minimum atomic E-state index is -0.982. The number of rotatable bonds is 11. The van der Waals surface area contributed by atoms with Gasteiger partial charge >= 0.3 is 5.97 Å². The lowest BCUT2D eigenvalue weighted by atomic mass is 9.74. The van der Waals surface area contributed by atoms with Gasteiger partial charge in [-0.1, -0.05) is 0 Å². The third kappa shape index (κ3) is 6.02. The maximum atomic E-state index is 13.8. The van der Waals surface area contributed by atoms with Gasteiger partial charge in [-0.2, -0.15) is 0 Å². The van der Waals surface area contributed by atoms with E-state index >= 15 is 0 Å². The van der Waals surface area contributed by atoms with Gasteiger partial charge in [-0.25, -0.2) is 13.2 Å². The first-order valence-electron chi connectivity index (χ1n) is 12.7. The Bertz CT molecular complexity index is 1270. The number of piperidine rings is 1. The SMILES string of the molecule is COc1ccc2ncc(CN)c(CCCC3(C(=O)O)CCN(CCNc4c(F)cc(F)cc4F)CC3)c2c1. The molecule has 2 aromatic carbocycles. The van der Waals surface area contributed by atoms with Crippen LogP contribution in [0.1, 0.15) is 36.8 Å². The van der Waals surface area contributed by atoms with Gasteiger partial charge in [0, 0.05) is 43.4 Å². The summed E-state index contributed by atoms with van der Waals surface area (Å²) in [6, 6.07) is 6.97. The molecule has 0 radical (unpaired) electrons. The summed E-state index contributed by atoms with van der Waals surface area (Å²) in [5.41, 5.74) is 7.64. The van der Waals surface area contributed by atoms with Crippen LogP contribution in [0.2, 0.25) is 0 Å². The molecule has 4 N–H and O–H groups in total. The molecule has 38 heavy (non-hydrogen) atoms. The number of nitrogens with two attached hydrogens (primary N) is 1. The van der Waals surface area contributed by atoms with E-state index in [-0.39, 0.29) is 12.2 Å². The lowest BCUT2D eigenvalue weighted by Gasteiger charge is -2.39. The minimum absolute atomic E-state index is 0.250. The van der Waals surface area contributed by atoms with Gasteiger partial charge in [-0.15, -0.1) is 0 Å². The Morgan fingerprint density at radius 1 is 1.18 bits per heavy atom. The number of aliphatic carboxylic acids is 1. The number of likely N-dealkylation sites (tertiary alicyclic amines) is 1. The normalized spacial score (nSPS) is 15.5. The van der Waals surface area contributed by atoms with Gasteiger partial charge in [-0.3, -0.25) is 9.78 Å². The Labute approximate surface area is 219 Å². The van der Waals surface area contributed by atoms with Crippen LogP contribution >= 0.6 is 0 Å². The molecule has 0 unspecified atom stereocenters. The standard InChI is InChI=1S/C28H33F3N4O3/c1-38-20-4-5-25-22(15-20)21(18(16-32)17-34-25)3-2-6-28(27(36)37)7-10-35(11-8-28)12-9-33-26-23(30)13-19(29)14-24(26)31/h4-5,13-15,17,33H,2-3,6-12,16,32H2,1H3,(H,36,37). The number of ether oxygens (including phenoxy) is 1. The Kier molecular flexibility index (Phi) is 8.73. The van der Waals surface area contributed by atoms with Gasteiger partial charge in [0.05, 0.1) is 18.0 Å². The number of carbonyl (C=O) groups is 1. The van der Waals surface area contributed by atoms with E-state index in [0.717, 1.165) is 27.8 Å². The summed E-state index contributed by atoms with van der Waals surface area (Å²) in [4.78, 5) is 18.9. The molecule has 1 aliphatic heterocycles. The van der Waals surface area contributed by atoms with E-state index in [1.54, 1.807) is 13.3 Å². The number of hydrogen-bond acceptors (Lipinski definition) is 6. The highest BCUT2D eigenvalue weighted by Crippen LogP contribution is 2.38. The van der Waals surface area contributed by atoms with E-state index in [2.05, 4.69) is 15.2 Å². The quantitative estimate of drug-likeness (QED) is 0.330. The van der Waals surface area contributed by atoms with Crippen LogP contribution in [-0.2, 0) is 17.8 Å². The summed E-state index contributed by atoms with van der Waals surface area (Å²) in [5, 5.41) is 13.8. The lowest BCUT2D eigenvalue weighted by Crippen LogP contribution is -2.45. The predicted octanol–water partition coefficient (Wildman–Crippen LogP) is 4.72. The molecule has 1 saturated heterocycles. The molecule has 7 nitrogen and oxygen atoms in total. The molecule has 0 aliphatic carbocycles. The van der Waals surface area contributed by atoms with Crippen molar-refractivity contribution in [2.75, 3.05) is 38.6 Å². The Balaban J connectivity index is 1.35. The number of aryl methyl sites for hydroxylation is 1. The van der Waals surface area contributed by atoms with E-state index in [0.29, 0.717) is 70.4 Å². The molecule has 1 aliphatic rings. The fourth-order valence-electron chi connectivity index (χ4n) is 5.30. The zero-order chi connectivity index (χ0) is 27.3. The number of carboxylic acids is 1. The molecule has 204 valence electrons. The number of pyridine rings is 1. The van der Waals surface area contributed by atoms with Gasteiger partial charge in [0.25, 0.3) is 0 Å². The highest BCUT2D eigenvalue weighted by Gasteiger charge is 2.40. The average Bonchev–Trinajstić information content (AvgIpc) is 2.90. The zero-order valence-corrected chi connectivity index (χ0v) is 21.4. The second kappa shape index (κ2) is 12.0. The second-order valence-corrected chi connectivity index (χ2v) is 9.80. The van der Waals surface area contributed by atoms with E-state index in [1.165, 1.54) is 0 Å². The number of anilines is 1. The first kappa shape index (κ1) is 27.7. The highest BCUT2D eigenvalue weighted by molar-refractivity contribution is 5.84. The summed E-state index contributed by atoms with van der Waals surface area (Å²) < 4.78 is 46.2. The van der Waals surface area contributed by atoms with Gasteiger partial charge in [-0.05, 0) is 74.5 Å². The summed E-state index contributed by atoms with van der Waals surface area (Å²) >= 11 is 0. The number of benzene rings is 2. The van der Waals surface area contributed by atoms with Gasteiger partial charge in [0.1, 0.15) is 17.3 Å². The summed E-state index contributed by atoms with van der Waals surface area (Å²) in [5.74, 6) is -3.01. The molecule has 2 heterocycles. The number of nitrogens with one attached hydrogen (secondary N) is 1. The first-order chi connectivity index (χ1) is 18.3. The number of aromatic nitrogens is 1. The van der Waals surface area contributed by atoms with E-state index in [4.69, 9.17) is 10.5 Å². The van der Waals surface area contributed by atoms with Crippen LogP contribution in [0.25, 0.3) is 10.9 Å². The van der Waals surface area contributed by atoms with E-state index < -0.39 is 28.8 Å². The summed E-state index contributed by atoms with van der Waals surface area (Å²) in [6.07, 6.45) is 4.63. The monoisotopic (exact) mass is 530 g/mol. The van der Waals surface area contributed by atoms with Crippen LogP contribution in [0.3, 0.4) is 0 Å². The van der Waals surface area contributed by atoms with Crippen LogP contribution in [-0.4, -0.2) is 54.2 Å². The molecule has 3 aromatic rings. The van der Waals surface area contributed by atoms with Crippen molar-refractivity contribution in [3.8, 4) is 5.75 Å². The third-order valence-corrected chi connectivity index (χ3v) is 7.58. The van der Waals surface area contributed by atoms with E-state index in [1.807, 2.05) is 18.2 Å². The van der Waals surface area contributed by atoms with Gasteiger partial charge in [0.15, 0.2) is 11.6 Å². The molecule has 0 spiro atoms. The number of hydrogen-bond donors (Lipinski definition) is 3. The lowest BCUT2D eigenvalue weighted by molar-refractivity contribution is -0.152. The van der Waals surface area contributed by atoms with Crippen molar-refractivity contribution in [1.82, 2.24) is 9.88 Å². The number of methoxy groups -OCH3 is 1. The molecule has 1 fully saturated rings. The molecule has 4 rings (SSSR count). The predicted molar refractivity (Wildman–Crippen MR) is 140 cm³/mol. The van der Waals surface area contributed by atoms with Crippen molar-refractivity contribution in [3.63, 3.8) is 0 Å². The van der Waals surface area contributed by atoms with Crippen LogP contribution in [0.4, 0.5) is 18.9 Å². The average molecular weight is 531 g/mol. The molecule has 0 atom stereocenters. The molecule has 0 bridgehead atoms. The van der Waals surface area contributed by atoms with Crippen LogP contribution in [0.15, 0.2) is 36.5 Å². The Morgan fingerprint density at radius 3 is 2.53 bits per heavy atom. The van der Waals surface area contributed by atoms with E-state index in [9.17, 15) is 23.1 Å². The third-order valence-electron chi connectivity index (χ3n) is 7.58. The largest absolute Gasteiger partial charge is 0.497 e. The van der Waals surface area contributed by atoms with Crippen molar-refractivity contribution in [2.45, 2.75) is 38.6 Å². The van der Waals surface area contributed by atoms with Crippen molar-refractivity contribution >= 4 is 22.6 Å². The Hall–Kier alpha value is -3.37. The molecule has 10 heteroatoms. The van der Waals surface area contributed by atoms with Crippen molar-refractivity contribution in [1.29, 1.82) is 0 Å². The fraction of sp³-hybridized carbons (Fsp3) is 0.429. The maximum Gasteiger partial charge on any atom is 0.309 e. The van der Waals surface area contributed by atoms with Crippen molar-refractivity contribution in [2.24, 2.45) is 11.1 Å². The van der Waals surface area contributed by atoms with Crippen LogP contribution in [0, 0.1) is 22.9 Å². The smallest absolute Gasteiger partial charge is 0.309 e. The second-order valence-electron chi connectivity index (χ2n) is 9.80. The highest BCUT2D eigenvalue weighted by atomic mass is 19.1. The van der Waals surface area contributed by atoms with Crippen molar-refractivity contribution < 1.29 is 27.8 Å². The number of nitrogens with zero attached hydrogens (tertiary/aromatic N) is 2. The molecular formula is C28H33F3N4O3. The van der Waals surface area contributed by atoms with Gasteiger partial charge < -0.3 is 25.8 Å². The molecule has 1 aromatic heterocycles. The zero-order valence-electron chi connectivity index (χ0n) is 21.4. The molecular weight excluding hydrogens is 497 g/mol. The van der Waals surface area contributed by atoms with Gasteiger partial charge in [0.2, 0.25) is 0 Å².